The van der Waals surface area contributed by atoms with E-state index in [4.69, 9.17) is 4.74 Å². The van der Waals surface area contributed by atoms with Gasteiger partial charge in [-0.15, -0.1) is 0 Å². The molecule has 0 aromatic rings. The number of hydrogen-bond acceptors (Lipinski definition) is 4. The molecule has 0 saturated carbocycles. The summed E-state index contributed by atoms with van der Waals surface area (Å²) in [6, 6.07) is 0. The van der Waals surface area contributed by atoms with Crippen LogP contribution in [0.4, 0.5) is 0 Å². The third kappa shape index (κ3) is 13.0. The van der Waals surface area contributed by atoms with E-state index in [1.165, 1.54) is 18.6 Å². The topological polar surface area (TPSA) is 48.9 Å². The Kier molecular flexibility index (Phi) is 14.2. The van der Waals surface area contributed by atoms with Crippen LogP contribution in [0.1, 0.15) is 26.2 Å². The van der Waals surface area contributed by atoms with Crippen LogP contribution >= 0.6 is 11.8 Å². The van der Waals surface area contributed by atoms with Gasteiger partial charge in [0.25, 0.3) is 0 Å². The van der Waals surface area contributed by atoms with Crippen LogP contribution in [0.5, 0.6) is 0 Å². The Labute approximate surface area is 135 Å². The molecule has 0 aliphatic rings. The van der Waals surface area contributed by atoms with E-state index in [0.29, 0.717) is 0 Å². The highest BCUT2D eigenvalue weighted by molar-refractivity contribution is 7.98. The molecule has 0 spiro atoms. The van der Waals surface area contributed by atoms with Gasteiger partial charge in [-0.2, -0.15) is 11.8 Å². The normalized spacial score (nSPS) is 13.5. The second-order valence-electron chi connectivity index (χ2n) is 5.25. The van der Waals surface area contributed by atoms with Crippen molar-refractivity contribution in [1.82, 2.24) is 15.5 Å². The minimum atomic E-state index is 0.229. The number of rotatable bonds is 12. The number of guanidine groups is 1. The lowest BCUT2D eigenvalue weighted by molar-refractivity contribution is 0.0548. The van der Waals surface area contributed by atoms with E-state index in [-0.39, 0.29) is 6.10 Å². The molecule has 0 aliphatic carbocycles. The fraction of sp³-hybridized carbons (Fsp3) is 0.933. The van der Waals surface area contributed by atoms with E-state index >= 15 is 0 Å². The SMILES string of the molecule is CCOC(CCN(C)C)CNC(=NC)NCCCCSC. The average molecular weight is 319 g/mol. The van der Waals surface area contributed by atoms with E-state index in [9.17, 15) is 0 Å². The summed E-state index contributed by atoms with van der Waals surface area (Å²) < 4.78 is 5.77. The van der Waals surface area contributed by atoms with E-state index in [1.807, 2.05) is 25.7 Å². The van der Waals surface area contributed by atoms with Crippen molar-refractivity contribution in [3.8, 4) is 0 Å². The maximum absolute atomic E-state index is 5.77. The molecule has 1 atom stereocenters. The molecule has 126 valence electrons. The van der Waals surface area contributed by atoms with Gasteiger partial charge in [0.2, 0.25) is 0 Å². The molecule has 1 unspecified atom stereocenters. The molecule has 0 radical (unpaired) electrons. The highest BCUT2D eigenvalue weighted by Crippen LogP contribution is 1.99. The molecule has 5 nitrogen and oxygen atoms in total. The third-order valence-electron chi connectivity index (χ3n) is 3.09. The standard InChI is InChI=1S/C15H34N4OS/c1-6-20-14(9-11-19(3)4)13-18-15(16-2)17-10-7-8-12-21-5/h14H,6-13H2,1-5H3,(H2,16,17,18). The zero-order chi connectivity index (χ0) is 15.9. The summed E-state index contributed by atoms with van der Waals surface area (Å²) in [6.45, 7) is 5.60. The summed E-state index contributed by atoms with van der Waals surface area (Å²) in [5, 5.41) is 6.71. The molecule has 0 fully saturated rings. The zero-order valence-electron chi connectivity index (χ0n) is 14.4. The Morgan fingerprint density at radius 1 is 1.29 bits per heavy atom. The summed E-state index contributed by atoms with van der Waals surface area (Å²) >= 11 is 1.90. The number of unbranched alkanes of at least 4 members (excludes halogenated alkanes) is 1. The molecule has 0 rings (SSSR count). The number of nitrogens with zero attached hydrogens (tertiary/aromatic N) is 2. The lowest BCUT2D eigenvalue weighted by atomic mass is 10.2. The molecule has 0 heterocycles. The summed E-state index contributed by atoms with van der Waals surface area (Å²) in [5.41, 5.74) is 0. The van der Waals surface area contributed by atoms with Crippen molar-refractivity contribution in [1.29, 1.82) is 0 Å². The van der Waals surface area contributed by atoms with Crippen LogP contribution in [0.25, 0.3) is 0 Å². The first-order chi connectivity index (χ1) is 10.1. The van der Waals surface area contributed by atoms with Crippen molar-refractivity contribution in [2.75, 3.05) is 59.4 Å². The predicted octanol–water partition coefficient (Wildman–Crippen LogP) is 1.65. The number of aliphatic imine (C=N–C) groups is 1. The van der Waals surface area contributed by atoms with E-state index in [2.05, 4.69) is 40.9 Å². The number of hydrogen-bond donors (Lipinski definition) is 2. The Bertz CT molecular complexity index is 262. The van der Waals surface area contributed by atoms with Crippen LogP contribution in [0.3, 0.4) is 0 Å². The van der Waals surface area contributed by atoms with Gasteiger partial charge in [0.1, 0.15) is 0 Å². The molecule has 0 amide bonds. The van der Waals surface area contributed by atoms with Crippen molar-refractivity contribution in [3.63, 3.8) is 0 Å². The van der Waals surface area contributed by atoms with Crippen LogP contribution in [0.2, 0.25) is 0 Å². The first-order valence-corrected chi connectivity index (χ1v) is 9.23. The molecular formula is C15H34N4OS. The van der Waals surface area contributed by atoms with Crippen LogP contribution in [0, 0.1) is 0 Å². The Hall–Kier alpha value is -0.460. The maximum Gasteiger partial charge on any atom is 0.191 e. The molecular weight excluding hydrogens is 284 g/mol. The first kappa shape index (κ1) is 20.5. The lowest BCUT2D eigenvalue weighted by Gasteiger charge is -2.21. The van der Waals surface area contributed by atoms with E-state index in [0.717, 1.165) is 38.6 Å². The van der Waals surface area contributed by atoms with Crippen molar-refractivity contribution >= 4 is 17.7 Å². The van der Waals surface area contributed by atoms with Gasteiger partial charge >= 0.3 is 0 Å². The molecule has 0 aliphatic heterocycles. The minimum absolute atomic E-state index is 0.229. The van der Waals surface area contributed by atoms with Gasteiger partial charge in [0, 0.05) is 33.3 Å². The van der Waals surface area contributed by atoms with Gasteiger partial charge < -0.3 is 20.3 Å². The van der Waals surface area contributed by atoms with Crippen LogP contribution in [-0.4, -0.2) is 76.4 Å². The molecule has 0 aromatic carbocycles. The first-order valence-electron chi connectivity index (χ1n) is 7.83. The van der Waals surface area contributed by atoms with Gasteiger partial charge in [-0.3, -0.25) is 4.99 Å². The van der Waals surface area contributed by atoms with Gasteiger partial charge in [-0.1, -0.05) is 0 Å². The monoisotopic (exact) mass is 318 g/mol. The largest absolute Gasteiger partial charge is 0.377 e. The number of ether oxygens (including phenoxy) is 1. The van der Waals surface area contributed by atoms with Crippen molar-refractivity contribution in [2.45, 2.75) is 32.3 Å². The number of thioether (sulfide) groups is 1. The fourth-order valence-corrected chi connectivity index (χ4v) is 2.38. The van der Waals surface area contributed by atoms with E-state index < -0.39 is 0 Å². The smallest absolute Gasteiger partial charge is 0.191 e. The molecule has 0 bridgehead atoms. The highest BCUT2D eigenvalue weighted by Gasteiger charge is 2.09. The van der Waals surface area contributed by atoms with Gasteiger partial charge in [-0.05, 0) is 52.3 Å². The Morgan fingerprint density at radius 3 is 2.62 bits per heavy atom. The Balaban J connectivity index is 3.92. The fourth-order valence-electron chi connectivity index (χ4n) is 1.89. The summed E-state index contributed by atoms with van der Waals surface area (Å²) in [7, 11) is 5.99. The van der Waals surface area contributed by atoms with Crippen LogP contribution < -0.4 is 10.6 Å². The molecule has 0 aromatic heterocycles. The van der Waals surface area contributed by atoms with Gasteiger partial charge in [0.05, 0.1) is 6.10 Å². The Morgan fingerprint density at radius 2 is 2.05 bits per heavy atom. The van der Waals surface area contributed by atoms with Crippen molar-refractivity contribution in [2.24, 2.45) is 4.99 Å². The molecule has 0 saturated heterocycles. The summed E-state index contributed by atoms with van der Waals surface area (Å²) in [5.74, 6) is 2.10. The summed E-state index contributed by atoms with van der Waals surface area (Å²) in [4.78, 5) is 6.44. The molecule has 21 heavy (non-hydrogen) atoms. The molecule has 6 heteroatoms. The van der Waals surface area contributed by atoms with Crippen molar-refractivity contribution in [3.05, 3.63) is 0 Å². The summed E-state index contributed by atoms with van der Waals surface area (Å²) in [6.07, 6.45) is 5.83. The van der Waals surface area contributed by atoms with Gasteiger partial charge in [-0.25, -0.2) is 0 Å². The molecule has 2 N–H and O–H groups in total. The van der Waals surface area contributed by atoms with Crippen LogP contribution in [0.15, 0.2) is 4.99 Å². The van der Waals surface area contributed by atoms with Crippen LogP contribution in [-0.2, 0) is 4.74 Å². The van der Waals surface area contributed by atoms with E-state index in [1.54, 1.807) is 0 Å². The second-order valence-corrected chi connectivity index (χ2v) is 6.23. The zero-order valence-corrected chi connectivity index (χ0v) is 15.3. The maximum atomic E-state index is 5.77. The second kappa shape index (κ2) is 14.5. The average Bonchev–Trinajstić information content (AvgIpc) is 2.47. The predicted molar refractivity (Wildman–Crippen MR) is 95.6 cm³/mol. The number of nitrogens with one attached hydrogen (secondary N) is 2. The van der Waals surface area contributed by atoms with Gasteiger partial charge in [0.15, 0.2) is 5.96 Å². The van der Waals surface area contributed by atoms with Crippen molar-refractivity contribution < 1.29 is 4.74 Å². The quantitative estimate of drug-likeness (QED) is 0.325. The minimum Gasteiger partial charge on any atom is -0.377 e. The lowest BCUT2D eigenvalue weighted by Crippen LogP contribution is -2.42. The third-order valence-corrected chi connectivity index (χ3v) is 3.79. The highest BCUT2D eigenvalue weighted by atomic mass is 32.2.